The summed E-state index contributed by atoms with van der Waals surface area (Å²) in [6.45, 7) is 3.12. The minimum atomic E-state index is -0.800. The molecule has 0 saturated heterocycles. The molecule has 0 saturated carbocycles. The minimum Gasteiger partial charge on any atom is -0.489 e. The average Bonchev–Trinajstić information content (AvgIpc) is 2.91. The molecule has 5 nitrogen and oxygen atoms in total. The molecule has 1 aliphatic heterocycles. The SMILES string of the molecule is C/C=C\CS(=O)CCc1ccc(-c2ccc3c(c2)CCC(CNCC(O)c2cccnc2)O3)cc1. The van der Waals surface area contributed by atoms with Crippen molar-refractivity contribution >= 4 is 10.8 Å². The number of benzene rings is 2. The Hall–Kier alpha value is -2.80. The van der Waals surface area contributed by atoms with Gasteiger partial charge < -0.3 is 15.2 Å². The van der Waals surface area contributed by atoms with E-state index in [2.05, 4.69) is 52.8 Å². The van der Waals surface area contributed by atoms with Crippen LogP contribution in [0.25, 0.3) is 11.1 Å². The van der Waals surface area contributed by atoms with Gasteiger partial charge in [-0.1, -0.05) is 48.6 Å². The number of nitrogens with one attached hydrogen (secondary N) is 1. The number of hydrogen-bond donors (Lipinski definition) is 2. The first-order valence-corrected chi connectivity index (χ1v) is 13.7. The van der Waals surface area contributed by atoms with Crippen LogP contribution in [0, 0.1) is 0 Å². The van der Waals surface area contributed by atoms with E-state index in [9.17, 15) is 9.32 Å². The molecule has 0 radical (unpaired) electrons. The third-order valence-electron chi connectivity index (χ3n) is 6.29. The van der Waals surface area contributed by atoms with Crippen molar-refractivity contribution in [3.63, 3.8) is 0 Å². The van der Waals surface area contributed by atoms with E-state index < -0.39 is 16.9 Å². The molecule has 184 valence electrons. The number of rotatable bonds is 11. The first kappa shape index (κ1) is 25.3. The lowest BCUT2D eigenvalue weighted by molar-refractivity contribution is 0.146. The van der Waals surface area contributed by atoms with Crippen LogP contribution in [0.1, 0.15) is 36.1 Å². The van der Waals surface area contributed by atoms with Crippen molar-refractivity contribution < 1.29 is 14.1 Å². The van der Waals surface area contributed by atoms with Crippen molar-refractivity contribution in [2.45, 2.75) is 38.4 Å². The monoisotopic (exact) mass is 490 g/mol. The van der Waals surface area contributed by atoms with Crippen molar-refractivity contribution in [1.29, 1.82) is 0 Å². The molecule has 1 aromatic heterocycles. The molecule has 3 atom stereocenters. The predicted molar refractivity (Wildman–Crippen MR) is 143 cm³/mol. The summed E-state index contributed by atoms with van der Waals surface area (Å²) in [6.07, 6.45) is 9.57. The molecule has 2 N–H and O–H groups in total. The maximum absolute atomic E-state index is 12.0. The average molecular weight is 491 g/mol. The van der Waals surface area contributed by atoms with E-state index in [0.717, 1.165) is 30.6 Å². The third-order valence-corrected chi connectivity index (χ3v) is 7.52. The van der Waals surface area contributed by atoms with E-state index in [4.69, 9.17) is 4.74 Å². The van der Waals surface area contributed by atoms with Crippen molar-refractivity contribution in [3.05, 3.63) is 95.8 Å². The van der Waals surface area contributed by atoms with E-state index in [1.54, 1.807) is 12.4 Å². The van der Waals surface area contributed by atoms with Crippen LogP contribution in [0.3, 0.4) is 0 Å². The fourth-order valence-electron chi connectivity index (χ4n) is 4.22. The van der Waals surface area contributed by atoms with E-state index >= 15 is 0 Å². The Morgan fingerprint density at radius 3 is 2.80 bits per heavy atom. The van der Waals surface area contributed by atoms with Crippen LogP contribution < -0.4 is 10.1 Å². The Labute approximate surface area is 210 Å². The first-order valence-electron chi connectivity index (χ1n) is 12.3. The highest BCUT2D eigenvalue weighted by atomic mass is 32.2. The van der Waals surface area contributed by atoms with Gasteiger partial charge in [-0.05, 0) is 66.6 Å². The number of aliphatic hydroxyl groups is 1. The molecular formula is C29H34N2O3S. The van der Waals surface area contributed by atoms with Gasteiger partial charge in [0.1, 0.15) is 11.9 Å². The maximum Gasteiger partial charge on any atom is 0.123 e. The number of allylic oxidation sites excluding steroid dienone is 1. The molecule has 3 aromatic rings. The van der Waals surface area contributed by atoms with Gasteiger partial charge in [-0.2, -0.15) is 0 Å². The molecule has 0 fully saturated rings. The van der Waals surface area contributed by atoms with Gasteiger partial charge in [0.15, 0.2) is 0 Å². The van der Waals surface area contributed by atoms with Gasteiger partial charge in [0.25, 0.3) is 0 Å². The topological polar surface area (TPSA) is 71.5 Å². The lowest BCUT2D eigenvalue weighted by Crippen LogP contribution is -2.36. The second-order valence-corrected chi connectivity index (χ2v) is 10.5. The lowest BCUT2D eigenvalue weighted by Gasteiger charge is -2.27. The summed E-state index contributed by atoms with van der Waals surface area (Å²) in [5.41, 5.74) is 5.63. The van der Waals surface area contributed by atoms with Crippen LogP contribution in [0.5, 0.6) is 5.75 Å². The number of aromatic nitrogens is 1. The van der Waals surface area contributed by atoms with E-state index in [1.807, 2.05) is 31.2 Å². The number of aryl methyl sites for hydroxylation is 2. The Morgan fingerprint density at radius 1 is 1.20 bits per heavy atom. The normalized spacial score (nSPS) is 17.0. The molecule has 4 rings (SSSR count). The Bertz CT molecular complexity index is 1130. The second kappa shape index (κ2) is 12.8. The maximum atomic E-state index is 12.0. The highest BCUT2D eigenvalue weighted by Gasteiger charge is 2.20. The second-order valence-electron chi connectivity index (χ2n) is 8.89. The largest absolute Gasteiger partial charge is 0.489 e. The molecule has 0 spiro atoms. The molecule has 3 unspecified atom stereocenters. The number of hydrogen-bond acceptors (Lipinski definition) is 5. The number of aliphatic hydroxyl groups excluding tert-OH is 1. The zero-order valence-corrected chi connectivity index (χ0v) is 21.0. The molecule has 1 aliphatic rings. The highest BCUT2D eigenvalue weighted by molar-refractivity contribution is 7.85. The van der Waals surface area contributed by atoms with Gasteiger partial charge in [0.2, 0.25) is 0 Å². The predicted octanol–water partition coefficient (Wildman–Crippen LogP) is 4.63. The molecule has 0 aliphatic carbocycles. The number of fused-ring (bicyclic) bond motifs is 1. The molecule has 0 amide bonds. The minimum absolute atomic E-state index is 0.0899. The molecular weight excluding hydrogens is 456 g/mol. The highest BCUT2D eigenvalue weighted by Crippen LogP contribution is 2.32. The molecule has 0 bridgehead atoms. The number of nitrogens with zero attached hydrogens (tertiary/aromatic N) is 1. The fourth-order valence-corrected chi connectivity index (χ4v) is 5.26. The zero-order valence-electron chi connectivity index (χ0n) is 20.2. The summed E-state index contributed by atoms with van der Waals surface area (Å²) in [5, 5.41) is 13.6. The molecule has 2 aromatic carbocycles. The summed E-state index contributed by atoms with van der Waals surface area (Å²) in [6, 6.07) is 18.7. The Balaban J connectivity index is 1.28. The van der Waals surface area contributed by atoms with Crippen molar-refractivity contribution in [1.82, 2.24) is 10.3 Å². The summed E-state index contributed by atoms with van der Waals surface area (Å²) in [5.74, 6) is 2.27. The summed E-state index contributed by atoms with van der Waals surface area (Å²) in [7, 11) is -0.800. The third kappa shape index (κ3) is 7.34. The Kier molecular flexibility index (Phi) is 9.23. The Morgan fingerprint density at radius 2 is 2.03 bits per heavy atom. The van der Waals surface area contributed by atoms with E-state index in [0.29, 0.717) is 24.6 Å². The van der Waals surface area contributed by atoms with Crippen LogP contribution in [0.15, 0.2) is 79.1 Å². The van der Waals surface area contributed by atoms with Crippen LogP contribution in [-0.2, 0) is 23.6 Å². The van der Waals surface area contributed by atoms with Crippen molar-refractivity contribution in [2.24, 2.45) is 0 Å². The number of pyridine rings is 1. The van der Waals surface area contributed by atoms with Crippen LogP contribution in [-0.4, -0.2) is 45.0 Å². The van der Waals surface area contributed by atoms with E-state index in [1.165, 1.54) is 22.3 Å². The van der Waals surface area contributed by atoms with Crippen LogP contribution in [0.4, 0.5) is 0 Å². The lowest BCUT2D eigenvalue weighted by atomic mass is 9.96. The van der Waals surface area contributed by atoms with Gasteiger partial charge in [-0.25, -0.2) is 0 Å². The van der Waals surface area contributed by atoms with Gasteiger partial charge in [0.05, 0.1) is 6.10 Å². The zero-order chi connectivity index (χ0) is 24.5. The summed E-state index contributed by atoms with van der Waals surface area (Å²) >= 11 is 0. The van der Waals surface area contributed by atoms with Crippen molar-refractivity contribution in [2.75, 3.05) is 24.6 Å². The standard InChI is InChI=1S/C29H34N2O3S/c1-2-3-16-35(33)17-14-22-6-8-23(9-7-22)24-11-13-29-25(18-24)10-12-27(34-29)20-31-21-28(32)26-5-4-15-30-19-26/h2-9,11,13,15,18-19,27-28,31-32H,10,12,14,16-17,20-21H2,1H3/b3-2-. The summed E-state index contributed by atoms with van der Waals surface area (Å²) in [4.78, 5) is 4.06. The van der Waals surface area contributed by atoms with Crippen molar-refractivity contribution in [3.8, 4) is 16.9 Å². The molecule has 2 heterocycles. The molecule has 35 heavy (non-hydrogen) atoms. The first-order chi connectivity index (χ1) is 17.1. The van der Waals surface area contributed by atoms with Gasteiger partial charge in [0, 0.05) is 53.4 Å². The van der Waals surface area contributed by atoms with Crippen LogP contribution >= 0.6 is 0 Å². The van der Waals surface area contributed by atoms with Gasteiger partial charge in [-0.3, -0.25) is 9.19 Å². The fraction of sp³-hybridized carbons (Fsp3) is 0.345. The number of ether oxygens (including phenoxy) is 1. The molecule has 6 heteroatoms. The summed E-state index contributed by atoms with van der Waals surface area (Å²) < 4.78 is 18.2. The van der Waals surface area contributed by atoms with Gasteiger partial charge >= 0.3 is 0 Å². The van der Waals surface area contributed by atoms with Crippen LogP contribution in [0.2, 0.25) is 0 Å². The smallest absolute Gasteiger partial charge is 0.123 e. The van der Waals surface area contributed by atoms with E-state index in [-0.39, 0.29) is 6.10 Å². The quantitative estimate of drug-likeness (QED) is 0.384. The van der Waals surface area contributed by atoms with Gasteiger partial charge in [-0.15, -0.1) is 0 Å².